The summed E-state index contributed by atoms with van der Waals surface area (Å²) in [4.78, 5) is 25.9. The van der Waals surface area contributed by atoms with Crippen molar-refractivity contribution in [3.63, 3.8) is 0 Å². The molecule has 2 aliphatic heterocycles. The van der Waals surface area contributed by atoms with Crippen molar-refractivity contribution in [1.29, 1.82) is 0 Å². The molecule has 1 amide bonds. The molecule has 3 fully saturated rings. The lowest BCUT2D eigenvalue weighted by Gasteiger charge is -2.36. The Morgan fingerprint density at radius 2 is 1.74 bits per heavy atom. The molecule has 0 radical (unpaired) electrons. The Kier molecular flexibility index (Phi) is 8.71. The van der Waals surface area contributed by atoms with E-state index < -0.39 is 15.7 Å². The molecular formula is C29H42N6O3S. The van der Waals surface area contributed by atoms with Crippen LogP contribution in [0.25, 0.3) is 0 Å². The van der Waals surface area contributed by atoms with E-state index in [0.29, 0.717) is 24.1 Å². The Bertz CT molecular complexity index is 1240. The van der Waals surface area contributed by atoms with Gasteiger partial charge in [-0.15, -0.1) is 0 Å². The highest BCUT2D eigenvalue weighted by molar-refractivity contribution is 7.91. The van der Waals surface area contributed by atoms with Crippen LogP contribution in [0.2, 0.25) is 0 Å². The summed E-state index contributed by atoms with van der Waals surface area (Å²) in [6.07, 6.45) is 11.2. The van der Waals surface area contributed by atoms with E-state index >= 15 is 0 Å². The maximum Gasteiger partial charge on any atom is 0.271 e. The monoisotopic (exact) mass is 554 g/mol. The van der Waals surface area contributed by atoms with Crippen LogP contribution in [0.3, 0.4) is 0 Å². The predicted molar refractivity (Wildman–Crippen MR) is 155 cm³/mol. The number of anilines is 3. The summed E-state index contributed by atoms with van der Waals surface area (Å²) in [5.41, 5.74) is 7.87. The quantitative estimate of drug-likeness (QED) is 0.475. The van der Waals surface area contributed by atoms with Crippen molar-refractivity contribution in [2.75, 3.05) is 47.9 Å². The van der Waals surface area contributed by atoms with Gasteiger partial charge >= 0.3 is 0 Å². The molecule has 0 bridgehead atoms. The number of piperidine rings is 2. The van der Waals surface area contributed by atoms with Crippen molar-refractivity contribution in [2.45, 2.75) is 70.3 Å². The first-order valence-electron chi connectivity index (χ1n) is 14.5. The molecule has 1 aromatic carbocycles. The molecule has 1 atom stereocenters. The van der Waals surface area contributed by atoms with E-state index in [1.807, 2.05) is 12.1 Å². The zero-order valence-corrected chi connectivity index (χ0v) is 23.8. The van der Waals surface area contributed by atoms with Crippen LogP contribution < -0.4 is 16.0 Å². The minimum atomic E-state index is -3.05. The van der Waals surface area contributed by atoms with Gasteiger partial charge in [-0.05, 0) is 81.1 Å². The van der Waals surface area contributed by atoms with Gasteiger partial charge in [-0.25, -0.2) is 18.4 Å². The van der Waals surface area contributed by atoms with Gasteiger partial charge in [0, 0.05) is 30.6 Å². The van der Waals surface area contributed by atoms with Crippen molar-refractivity contribution >= 4 is 33.1 Å². The second kappa shape index (κ2) is 12.2. The largest absolute Gasteiger partial charge is 0.364 e. The fourth-order valence-corrected chi connectivity index (χ4v) is 7.75. The number of hydrogen-bond acceptors (Lipinski definition) is 8. The van der Waals surface area contributed by atoms with Gasteiger partial charge in [-0.2, -0.15) is 0 Å². The molecule has 3 aliphatic rings. The van der Waals surface area contributed by atoms with E-state index in [-0.39, 0.29) is 23.1 Å². The van der Waals surface area contributed by atoms with Crippen LogP contribution >= 0.6 is 0 Å². The summed E-state index contributed by atoms with van der Waals surface area (Å²) < 4.78 is 24.3. The van der Waals surface area contributed by atoms with Crippen LogP contribution in [0.1, 0.15) is 80.3 Å². The Morgan fingerprint density at radius 3 is 2.41 bits per heavy atom. The van der Waals surface area contributed by atoms with E-state index in [1.54, 1.807) is 13.1 Å². The third-order valence-electron chi connectivity index (χ3n) is 8.78. The van der Waals surface area contributed by atoms with Crippen molar-refractivity contribution < 1.29 is 13.2 Å². The van der Waals surface area contributed by atoms with Gasteiger partial charge in [-0.3, -0.25) is 4.79 Å². The molecule has 10 heteroatoms. The molecular weight excluding hydrogens is 512 g/mol. The number of carbonyl (C=O) groups is 1. The standard InChI is InChI=1S/C29H42N6O3S/c1-2-39(37,38)20-21-6-5-15-35(19-21)26-18-31-27(28(30)36)29(33-26)32-24-11-9-22(10-12-24)23-13-16-34(17-14-23)25-7-3-4-8-25/h9-12,18,21,23,25H,2-8,13-17,19-20H2,1H3,(H2,30,36)(H,32,33)/t21-/m1/s1. The van der Waals surface area contributed by atoms with E-state index in [2.05, 4.69) is 32.2 Å². The Labute approximate surface area is 232 Å². The summed E-state index contributed by atoms with van der Waals surface area (Å²) >= 11 is 0. The molecule has 2 saturated heterocycles. The molecule has 1 aromatic heterocycles. The number of sulfone groups is 1. The predicted octanol–water partition coefficient (Wildman–Crippen LogP) is 4.09. The lowest BCUT2D eigenvalue weighted by atomic mass is 9.88. The number of likely N-dealkylation sites (tertiary alicyclic amines) is 1. The average Bonchev–Trinajstić information content (AvgIpc) is 3.49. The Hall–Kier alpha value is -2.72. The number of amides is 1. The van der Waals surface area contributed by atoms with E-state index in [9.17, 15) is 13.2 Å². The first-order chi connectivity index (χ1) is 18.8. The van der Waals surface area contributed by atoms with Gasteiger partial charge in [-0.1, -0.05) is 31.9 Å². The molecule has 3 N–H and O–H groups in total. The van der Waals surface area contributed by atoms with Crippen LogP contribution in [0.4, 0.5) is 17.3 Å². The van der Waals surface area contributed by atoms with Gasteiger partial charge < -0.3 is 20.9 Å². The van der Waals surface area contributed by atoms with E-state index in [0.717, 1.165) is 31.1 Å². The van der Waals surface area contributed by atoms with Crippen molar-refractivity contribution in [3.8, 4) is 0 Å². The molecule has 2 aromatic rings. The zero-order chi connectivity index (χ0) is 27.4. The second-order valence-corrected chi connectivity index (χ2v) is 13.8. The minimum absolute atomic E-state index is 0.0512. The Morgan fingerprint density at radius 1 is 1.03 bits per heavy atom. The lowest BCUT2D eigenvalue weighted by Crippen LogP contribution is -2.39. The minimum Gasteiger partial charge on any atom is -0.364 e. The highest BCUT2D eigenvalue weighted by atomic mass is 32.2. The maximum atomic E-state index is 12.2. The zero-order valence-electron chi connectivity index (χ0n) is 23.0. The summed E-state index contributed by atoms with van der Waals surface area (Å²) in [6.45, 7) is 5.41. The first-order valence-corrected chi connectivity index (χ1v) is 16.4. The summed E-state index contributed by atoms with van der Waals surface area (Å²) in [5, 5.41) is 3.26. The topological polar surface area (TPSA) is 122 Å². The molecule has 1 saturated carbocycles. The number of carbonyl (C=O) groups excluding carboxylic acids is 1. The number of benzene rings is 1. The number of hydrogen-bond donors (Lipinski definition) is 2. The van der Waals surface area contributed by atoms with Crippen LogP contribution in [0.15, 0.2) is 30.5 Å². The number of aromatic nitrogens is 2. The van der Waals surface area contributed by atoms with Gasteiger partial charge in [0.25, 0.3) is 5.91 Å². The molecule has 1 aliphatic carbocycles. The Balaban J connectivity index is 1.25. The number of nitrogens with two attached hydrogens (primary N) is 1. The maximum absolute atomic E-state index is 12.2. The average molecular weight is 555 g/mol. The van der Waals surface area contributed by atoms with Crippen LogP contribution in [-0.2, 0) is 9.84 Å². The molecule has 39 heavy (non-hydrogen) atoms. The second-order valence-electron chi connectivity index (χ2n) is 11.4. The molecule has 0 spiro atoms. The third-order valence-corrected chi connectivity index (χ3v) is 10.6. The van der Waals surface area contributed by atoms with Crippen molar-refractivity contribution in [1.82, 2.24) is 14.9 Å². The third kappa shape index (κ3) is 6.90. The van der Waals surface area contributed by atoms with Gasteiger partial charge in [0.1, 0.15) is 15.7 Å². The van der Waals surface area contributed by atoms with Gasteiger partial charge in [0.05, 0.1) is 11.9 Å². The molecule has 3 heterocycles. The van der Waals surface area contributed by atoms with Crippen molar-refractivity contribution in [2.24, 2.45) is 11.7 Å². The van der Waals surface area contributed by atoms with E-state index in [4.69, 9.17) is 10.7 Å². The molecule has 0 unspecified atom stereocenters. The van der Waals surface area contributed by atoms with Crippen LogP contribution in [-0.4, -0.2) is 72.9 Å². The summed E-state index contributed by atoms with van der Waals surface area (Å²) in [7, 11) is -3.05. The van der Waals surface area contributed by atoms with Crippen molar-refractivity contribution in [3.05, 3.63) is 41.7 Å². The number of nitrogens with zero attached hydrogens (tertiary/aromatic N) is 4. The fourth-order valence-electron chi connectivity index (χ4n) is 6.53. The lowest BCUT2D eigenvalue weighted by molar-refractivity contribution is 0.0996. The molecule has 9 nitrogen and oxygen atoms in total. The molecule has 212 valence electrons. The highest BCUT2D eigenvalue weighted by Gasteiger charge is 2.28. The fraction of sp³-hybridized carbons (Fsp3) is 0.621. The normalized spacial score (nSPS) is 21.8. The smallest absolute Gasteiger partial charge is 0.271 e. The SMILES string of the molecule is CCS(=O)(=O)C[C@@H]1CCCN(c2cnc(C(N)=O)c(Nc3ccc(C4CCN(C5CCCC5)CC4)cc3)n2)C1. The number of rotatable bonds is 9. The van der Waals surface area contributed by atoms with Gasteiger partial charge in [0.15, 0.2) is 11.5 Å². The van der Waals surface area contributed by atoms with Crippen LogP contribution in [0, 0.1) is 5.92 Å². The molecule has 5 rings (SSSR count). The van der Waals surface area contributed by atoms with E-state index in [1.165, 1.54) is 57.2 Å². The van der Waals surface area contributed by atoms with Crippen LogP contribution in [0.5, 0.6) is 0 Å². The number of primary amides is 1. The van der Waals surface area contributed by atoms with Gasteiger partial charge in [0.2, 0.25) is 0 Å². The summed E-state index contributed by atoms with van der Waals surface area (Å²) in [5.74, 6) is 1.26. The number of nitrogens with one attached hydrogen (secondary N) is 1. The summed E-state index contributed by atoms with van der Waals surface area (Å²) in [6, 6.07) is 9.20. The first kappa shape index (κ1) is 27.8. The highest BCUT2D eigenvalue weighted by Crippen LogP contribution is 2.33.